The maximum atomic E-state index is 5.86. The van der Waals surface area contributed by atoms with Crippen molar-refractivity contribution in [2.24, 2.45) is 0 Å². The van der Waals surface area contributed by atoms with Gasteiger partial charge in [0.1, 0.15) is 11.9 Å². The van der Waals surface area contributed by atoms with E-state index in [0.717, 1.165) is 25.9 Å². The minimum atomic E-state index is 0.246. The summed E-state index contributed by atoms with van der Waals surface area (Å²) in [6.07, 6.45) is 4.24. The third kappa shape index (κ3) is 3.47. The molecule has 1 aliphatic heterocycles. The Labute approximate surface area is 106 Å². The second kappa shape index (κ2) is 5.55. The summed E-state index contributed by atoms with van der Waals surface area (Å²) in [6, 6.07) is 1.69. The minimum Gasteiger partial charge on any atom is -0.474 e. The molecule has 0 saturated carbocycles. The number of aromatic nitrogens is 2. The van der Waals surface area contributed by atoms with Crippen LogP contribution in [0.3, 0.4) is 0 Å². The third-order valence-corrected chi connectivity index (χ3v) is 3.39. The van der Waals surface area contributed by atoms with Gasteiger partial charge in [-0.05, 0) is 26.1 Å². The van der Waals surface area contributed by atoms with E-state index < -0.39 is 0 Å². The second-order valence-electron chi connectivity index (χ2n) is 4.24. The lowest BCUT2D eigenvalue weighted by molar-refractivity contribution is 0.109. The molecule has 1 aromatic rings. The molecule has 0 atom stereocenters. The van der Waals surface area contributed by atoms with Crippen LogP contribution < -0.4 is 10.5 Å². The molecule has 0 amide bonds. The van der Waals surface area contributed by atoms with Gasteiger partial charge in [0.05, 0.1) is 0 Å². The molecule has 5 nitrogen and oxygen atoms in total. The molecule has 2 N–H and O–H groups in total. The van der Waals surface area contributed by atoms with E-state index >= 15 is 0 Å². The van der Waals surface area contributed by atoms with E-state index in [0.29, 0.717) is 16.9 Å². The smallest absolute Gasteiger partial charge is 0.219 e. The largest absolute Gasteiger partial charge is 0.474 e. The van der Waals surface area contributed by atoms with Crippen LogP contribution in [0.5, 0.6) is 5.88 Å². The maximum Gasteiger partial charge on any atom is 0.219 e. The minimum absolute atomic E-state index is 0.246. The molecular formula is C11H18N4OS. The molecule has 1 fully saturated rings. The van der Waals surface area contributed by atoms with Gasteiger partial charge < -0.3 is 15.4 Å². The number of hydrogen-bond acceptors (Lipinski definition) is 6. The van der Waals surface area contributed by atoms with Crippen LogP contribution in [0.25, 0.3) is 0 Å². The quantitative estimate of drug-likeness (QED) is 0.647. The van der Waals surface area contributed by atoms with Gasteiger partial charge in [0, 0.05) is 19.2 Å². The van der Waals surface area contributed by atoms with Gasteiger partial charge >= 0.3 is 0 Å². The Kier molecular flexibility index (Phi) is 4.06. The predicted molar refractivity (Wildman–Crippen MR) is 69.4 cm³/mol. The Hall–Kier alpha value is -1.01. The number of thioether (sulfide) groups is 1. The molecule has 1 aromatic heterocycles. The Balaban J connectivity index is 2.00. The molecule has 0 aliphatic carbocycles. The molecule has 1 saturated heterocycles. The summed E-state index contributed by atoms with van der Waals surface area (Å²) in [5.74, 6) is 1.06. The van der Waals surface area contributed by atoms with Crippen molar-refractivity contribution < 1.29 is 4.74 Å². The Morgan fingerprint density at radius 1 is 1.41 bits per heavy atom. The first-order valence-corrected chi connectivity index (χ1v) is 6.93. The first-order valence-electron chi connectivity index (χ1n) is 5.71. The lowest BCUT2D eigenvalue weighted by atomic mass is 10.1. The summed E-state index contributed by atoms with van der Waals surface area (Å²) in [4.78, 5) is 10.7. The molecule has 0 unspecified atom stereocenters. The summed E-state index contributed by atoms with van der Waals surface area (Å²) >= 11 is 1.47. The summed E-state index contributed by atoms with van der Waals surface area (Å²) in [5, 5.41) is 0.660. The average Bonchev–Trinajstić information content (AvgIpc) is 2.31. The van der Waals surface area contributed by atoms with E-state index in [9.17, 15) is 0 Å². The van der Waals surface area contributed by atoms with Gasteiger partial charge in [0.15, 0.2) is 5.16 Å². The van der Waals surface area contributed by atoms with Gasteiger partial charge in [-0.25, -0.2) is 4.98 Å². The molecule has 2 heterocycles. The summed E-state index contributed by atoms with van der Waals surface area (Å²) in [7, 11) is 2.13. The van der Waals surface area contributed by atoms with E-state index in [4.69, 9.17) is 10.5 Å². The van der Waals surface area contributed by atoms with E-state index in [-0.39, 0.29) is 6.10 Å². The summed E-state index contributed by atoms with van der Waals surface area (Å²) in [6.45, 7) is 2.14. The van der Waals surface area contributed by atoms with Gasteiger partial charge in [-0.15, -0.1) is 0 Å². The van der Waals surface area contributed by atoms with Crippen molar-refractivity contribution in [2.45, 2.75) is 24.1 Å². The molecule has 0 spiro atoms. The zero-order chi connectivity index (χ0) is 12.3. The van der Waals surface area contributed by atoms with E-state index in [1.807, 2.05) is 6.26 Å². The topological polar surface area (TPSA) is 64.3 Å². The van der Waals surface area contributed by atoms with Crippen LogP contribution in [-0.4, -0.2) is 47.4 Å². The Morgan fingerprint density at radius 2 is 2.12 bits per heavy atom. The number of piperidine rings is 1. The predicted octanol–water partition coefficient (Wildman–Crippen LogP) is 1.25. The van der Waals surface area contributed by atoms with Crippen LogP contribution in [0, 0.1) is 0 Å². The Bertz CT molecular complexity index is 380. The number of hydrogen-bond donors (Lipinski definition) is 1. The highest BCUT2D eigenvalue weighted by molar-refractivity contribution is 7.98. The average molecular weight is 254 g/mol. The van der Waals surface area contributed by atoms with Crippen molar-refractivity contribution >= 4 is 17.6 Å². The number of nitrogens with two attached hydrogens (primary N) is 1. The van der Waals surface area contributed by atoms with Crippen LogP contribution in [0.1, 0.15) is 12.8 Å². The van der Waals surface area contributed by atoms with Gasteiger partial charge in [-0.1, -0.05) is 11.8 Å². The molecule has 0 radical (unpaired) electrons. The summed E-state index contributed by atoms with van der Waals surface area (Å²) < 4.78 is 5.86. The van der Waals surface area contributed by atoms with Crippen molar-refractivity contribution in [1.29, 1.82) is 0 Å². The van der Waals surface area contributed by atoms with Crippen LogP contribution in [0.4, 0.5) is 5.82 Å². The van der Waals surface area contributed by atoms with Gasteiger partial charge in [-0.2, -0.15) is 4.98 Å². The second-order valence-corrected chi connectivity index (χ2v) is 5.01. The first-order chi connectivity index (χ1) is 8.17. The molecule has 2 rings (SSSR count). The first kappa shape index (κ1) is 12.4. The van der Waals surface area contributed by atoms with Gasteiger partial charge in [0.25, 0.3) is 0 Å². The maximum absolute atomic E-state index is 5.86. The van der Waals surface area contributed by atoms with Crippen LogP contribution in [0.15, 0.2) is 11.2 Å². The molecule has 0 bridgehead atoms. The SMILES string of the molecule is CSc1nc(N)cc(OC2CCN(C)CC2)n1. The van der Waals surface area contributed by atoms with Crippen molar-refractivity contribution in [3.63, 3.8) is 0 Å². The molecule has 0 aromatic carbocycles. The molecule has 6 heteroatoms. The van der Waals surface area contributed by atoms with E-state index in [2.05, 4.69) is 21.9 Å². The third-order valence-electron chi connectivity index (χ3n) is 2.84. The Morgan fingerprint density at radius 3 is 2.76 bits per heavy atom. The molecular weight excluding hydrogens is 236 g/mol. The molecule has 1 aliphatic rings. The summed E-state index contributed by atoms with van der Waals surface area (Å²) in [5.41, 5.74) is 5.71. The number of nitrogen functional groups attached to an aromatic ring is 1. The number of nitrogens with zero attached hydrogens (tertiary/aromatic N) is 3. The zero-order valence-electron chi connectivity index (χ0n) is 10.2. The molecule has 94 valence electrons. The number of anilines is 1. The lowest BCUT2D eigenvalue weighted by Crippen LogP contribution is -2.35. The highest BCUT2D eigenvalue weighted by Gasteiger charge is 2.18. The van der Waals surface area contributed by atoms with Crippen molar-refractivity contribution in [3.8, 4) is 5.88 Å². The fourth-order valence-electron chi connectivity index (χ4n) is 1.85. The van der Waals surface area contributed by atoms with Crippen molar-refractivity contribution in [3.05, 3.63) is 6.07 Å². The number of ether oxygens (including phenoxy) is 1. The van der Waals surface area contributed by atoms with Crippen LogP contribution in [-0.2, 0) is 0 Å². The van der Waals surface area contributed by atoms with E-state index in [1.165, 1.54) is 11.8 Å². The van der Waals surface area contributed by atoms with Gasteiger partial charge in [-0.3, -0.25) is 0 Å². The highest BCUT2D eigenvalue weighted by Crippen LogP contribution is 2.20. The highest BCUT2D eigenvalue weighted by atomic mass is 32.2. The fraction of sp³-hybridized carbons (Fsp3) is 0.636. The number of likely N-dealkylation sites (tertiary alicyclic amines) is 1. The number of rotatable bonds is 3. The lowest BCUT2D eigenvalue weighted by Gasteiger charge is -2.28. The van der Waals surface area contributed by atoms with Crippen molar-refractivity contribution in [2.75, 3.05) is 32.1 Å². The standard InChI is InChI=1S/C11H18N4OS/c1-15-5-3-8(4-6-15)16-10-7-9(12)13-11(14-10)17-2/h7-8H,3-6H2,1-2H3,(H2,12,13,14). The monoisotopic (exact) mass is 254 g/mol. The van der Waals surface area contributed by atoms with E-state index in [1.54, 1.807) is 6.07 Å². The molecule has 17 heavy (non-hydrogen) atoms. The van der Waals surface area contributed by atoms with Gasteiger partial charge in [0.2, 0.25) is 5.88 Å². The van der Waals surface area contributed by atoms with Crippen LogP contribution in [0.2, 0.25) is 0 Å². The van der Waals surface area contributed by atoms with Crippen LogP contribution >= 0.6 is 11.8 Å². The zero-order valence-corrected chi connectivity index (χ0v) is 11.0. The van der Waals surface area contributed by atoms with Crippen molar-refractivity contribution in [1.82, 2.24) is 14.9 Å². The normalized spacial score (nSPS) is 18.2. The fourth-order valence-corrected chi connectivity index (χ4v) is 2.22.